The molecule has 0 unspecified atom stereocenters. The van der Waals surface area contributed by atoms with E-state index >= 15 is 0 Å². The quantitative estimate of drug-likeness (QED) is 0.417. The molecule has 0 aromatic heterocycles. The van der Waals surface area contributed by atoms with Crippen LogP contribution in [0.3, 0.4) is 0 Å². The summed E-state index contributed by atoms with van der Waals surface area (Å²) in [6.07, 6.45) is 0.946. The number of ether oxygens (including phenoxy) is 2. The topological polar surface area (TPSA) is 68.9 Å². The van der Waals surface area contributed by atoms with Gasteiger partial charge < -0.3 is 20.5 Å². The monoisotopic (exact) mass is 457 g/mol. The lowest BCUT2D eigenvalue weighted by atomic mass is 10.1. The van der Waals surface area contributed by atoms with Crippen molar-refractivity contribution in [3.63, 3.8) is 0 Å². The van der Waals surface area contributed by atoms with Crippen molar-refractivity contribution in [2.24, 2.45) is 10.7 Å². The first kappa shape index (κ1) is 19.5. The highest BCUT2D eigenvalue weighted by molar-refractivity contribution is 14.0. The highest BCUT2D eigenvalue weighted by atomic mass is 127. The fourth-order valence-corrected chi connectivity index (χ4v) is 2.60. The summed E-state index contributed by atoms with van der Waals surface area (Å²) in [5.41, 5.74) is 9.37. The van der Waals surface area contributed by atoms with E-state index in [1.165, 1.54) is 17.7 Å². The number of anilines is 1. The van der Waals surface area contributed by atoms with E-state index in [0.29, 0.717) is 23.5 Å². The Balaban J connectivity index is 0.00000225. The summed E-state index contributed by atoms with van der Waals surface area (Å²) in [4.78, 5) is 4.29. The molecule has 0 atom stereocenters. The molecule has 2 aromatic carbocycles. The largest absolute Gasteiger partial charge is 0.467 e. The van der Waals surface area contributed by atoms with Crippen LogP contribution >= 0.6 is 24.0 Å². The Morgan fingerprint density at radius 3 is 2.96 bits per heavy atom. The van der Waals surface area contributed by atoms with Crippen molar-refractivity contribution in [3.05, 3.63) is 58.9 Å². The number of hydrogen-bond acceptors (Lipinski definition) is 3. The summed E-state index contributed by atoms with van der Waals surface area (Å²) < 4.78 is 24.3. The molecule has 1 aliphatic heterocycles. The van der Waals surface area contributed by atoms with Gasteiger partial charge in [-0.05, 0) is 36.2 Å². The van der Waals surface area contributed by atoms with E-state index in [1.807, 2.05) is 18.2 Å². The molecule has 7 heteroatoms. The minimum atomic E-state index is -0.338. The molecule has 0 bridgehead atoms. The molecule has 3 rings (SSSR count). The van der Waals surface area contributed by atoms with Crippen molar-refractivity contribution in [2.45, 2.75) is 26.5 Å². The Kier molecular flexibility index (Phi) is 7.01. The summed E-state index contributed by atoms with van der Waals surface area (Å²) in [6.45, 7) is 2.81. The maximum Gasteiger partial charge on any atom is 0.193 e. The lowest BCUT2D eigenvalue weighted by molar-refractivity contribution is -0.0172. The average molecular weight is 457 g/mol. The fraction of sp³-hybridized carbons (Fsp3) is 0.278. The number of nitrogens with two attached hydrogens (primary N) is 1. The number of rotatable bonds is 4. The molecular weight excluding hydrogens is 436 g/mol. The first-order valence-corrected chi connectivity index (χ1v) is 7.83. The normalized spacial score (nSPS) is 13.4. The van der Waals surface area contributed by atoms with E-state index in [9.17, 15) is 4.39 Å². The molecule has 0 saturated heterocycles. The first-order valence-electron chi connectivity index (χ1n) is 7.83. The van der Waals surface area contributed by atoms with Crippen LogP contribution in [0, 0.1) is 5.82 Å². The summed E-state index contributed by atoms with van der Waals surface area (Å²) in [5.74, 6) is 0.565. The highest BCUT2D eigenvalue weighted by Crippen LogP contribution is 2.29. The van der Waals surface area contributed by atoms with Crippen LogP contribution in [-0.4, -0.2) is 12.8 Å². The van der Waals surface area contributed by atoms with Gasteiger partial charge in [-0.1, -0.05) is 19.1 Å². The number of guanidine groups is 1. The molecule has 0 radical (unpaired) electrons. The number of hydrogen-bond donors (Lipinski definition) is 2. The standard InChI is InChI=1S/C18H20FN3O2.HI/c1-2-12-4-3-5-16(6-12)22-18(20)21-9-13-7-15(19)8-14-10-23-11-24-17(13)14;/h3-8H,2,9-11H2,1H3,(H3,20,21,22);1H. The van der Waals surface area contributed by atoms with Crippen LogP contribution in [0.4, 0.5) is 10.1 Å². The van der Waals surface area contributed by atoms with Gasteiger partial charge in [-0.3, -0.25) is 0 Å². The van der Waals surface area contributed by atoms with Crippen molar-refractivity contribution >= 4 is 35.6 Å². The summed E-state index contributed by atoms with van der Waals surface area (Å²) in [6, 6.07) is 10.8. The zero-order valence-electron chi connectivity index (χ0n) is 13.9. The number of benzene rings is 2. The molecule has 0 spiro atoms. The molecule has 3 N–H and O–H groups in total. The van der Waals surface area contributed by atoms with Crippen LogP contribution in [0.1, 0.15) is 23.6 Å². The van der Waals surface area contributed by atoms with Gasteiger partial charge in [0.15, 0.2) is 12.8 Å². The van der Waals surface area contributed by atoms with Crippen LogP contribution in [0.2, 0.25) is 0 Å². The maximum absolute atomic E-state index is 13.7. The molecule has 1 aliphatic rings. The van der Waals surface area contributed by atoms with Crippen molar-refractivity contribution in [1.82, 2.24) is 0 Å². The highest BCUT2D eigenvalue weighted by Gasteiger charge is 2.16. The average Bonchev–Trinajstić information content (AvgIpc) is 2.59. The van der Waals surface area contributed by atoms with Gasteiger partial charge in [0.05, 0.1) is 13.2 Å². The fourth-order valence-electron chi connectivity index (χ4n) is 2.60. The van der Waals surface area contributed by atoms with Gasteiger partial charge in [0, 0.05) is 16.8 Å². The van der Waals surface area contributed by atoms with Crippen LogP contribution in [0.15, 0.2) is 41.4 Å². The second-order valence-electron chi connectivity index (χ2n) is 5.54. The molecule has 0 saturated carbocycles. The maximum atomic E-state index is 13.7. The SMILES string of the molecule is CCc1cccc(NC(N)=NCc2cc(F)cc3c2OCOC3)c1.I. The predicted octanol–water partition coefficient (Wildman–Crippen LogP) is 3.80. The third-order valence-electron chi connectivity index (χ3n) is 3.78. The van der Waals surface area contributed by atoms with Gasteiger partial charge in [-0.2, -0.15) is 0 Å². The van der Waals surface area contributed by atoms with Gasteiger partial charge in [0.1, 0.15) is 11.6 Å². The van der Waals surface area contributed by atoms with Crippen LogP contribution in [0.5, 0.6) is 5.75 Å². The van der Waals surface area contributed by atoms with Gasteiger partial charge in [0.2, 0.25) is 0 Å². The minimum Gasteiger partial charge on any atom is -0.467 e. The van der Waals surface area contributed by atoms with Crippen LogP contribution in [-0.2, 0) is 24.3 Å². The second-order valence-corrected chi connectivity index (χ2v) is 5.54. The third kappa shape index (κ3) is 5.05. The molecule has 134 valence electrons. The molecule has 25 heavy (non-hydrogen) atoms. The number of fused-ring (bicyclic) bond motifs is 1. The number of aliphatic imine (C=N–C) groups is 1. The van der Waals surface area contributed by atoms with Gasteiger partial charge in [-0.15, -0.1) is 24.0 Å². The van der Waals surface area contributed by atoms with E-state index in [4.69, 9.17) is 15.2 Å². The zero-order chi connectivity index (χ0) is 16.9. The zero-order valence-corrected chi connectivity index (χ0v) is 16.3. The van der Waals surface area contributed by atoms with Crippen molar-refractivity contribution in [3.8, 4) is 5.75 Å². The van der Waals surface area contributed by atoms with E-state index in [0.717, 1.165) is 12.1 Å². The van der Waals surface area contributed by atoms with E-state index in [-0.39, 0.29) is 49.1 Å². The smallest absolute Gasteiger partial charge is 0.193 e. The Morgan fingerprint density at radius 1 is 1.32 bits per heavy atom. The Morgan fingerprint density at radius 2 is 2.16 bits per heavy atom. The van der Waals surface area contributed by atoms with Gasteiger partial charge >= 0.3 is 0 Å². The number of nitrogens with zero attached hydrogens (tertiary/aromatic N) is 1. The second kappa shape index (κ2) is 9.00. The van der Waals surface area contributed by atoms with Crippen molar-refractivity contribution in [1.29, 1.82) is 0 Å². The summed E-state index contributed by atoms with van der Waals surface area (Å²) >= 11 is 0. The summed E-state index contributed by atoms with van der Waals surface area (Å²) in [5, 5.41) is 3.05. The Labute approximate surface area is 163 Å². The minimum absolute atomic E-state index is 0. The molecule has 1 heterocycles. The molecule has 0 aliphatic carbocycles. The Bertz CT molecular complexity index is 768. The van der Waals surface area contributed by atoms with E-state index in [2.05, 4.69) is 23.3 Å². The van der Waals surface area contributed by atoms with Crippen molar-refractivity contribution in [2.75, 3.05) is 12.1 Å². The van der Waals surface area contributed by atoms with Gasteiger partial charge in [-0.25, -0.2) is 9.38 Å². The number of aryl methyl sites for hydroxylation is 1. The molecule has 0 amide bonds. The number of halogens is 2. The van der Waals surface area contributed by atoms with E-state index < -0.39 is 0 Å². The molecule has 2 aromatic rings. The lowest BCUT2D eigenvalue weighted by Gasteiger charge is -2.20. The molecule has 5 nitrogen and oxygen atoms in total. The predicted molar refractivity (Wildman–Crippen MR) is 107 cm³/mol. The first-order chi connectivity index (χ1) is 11.7. The summed E-state index contributed by atoms with van der Waals surface area (Å²) in [7, 11) is 0. The molecule has 0 fully saturated rings. The number of nitrogens with one attached hydrogen (secondary N) is 1. The van der Waals surface area contributed by atoms with E-state index in [1.54, 1.807) is 0 Å². The third-order valence-corrected chi connectivity index (χ3v) is 3.78. The van der Waals surface area contributed by atoms with Crippen LogP contribution in [0.25, 0.3) is 0 Å². The Hall–Kier alpha value is -1.87. The van der Waals surface area contributed by atoms with Gasteiger partial charge in [0.25, 0.3) is 0 Å². The van der Waals surface area contributed by atoms with Crippen LogP contribution < -0.4 is 15.8 Å². The molecular formula is C18H21FIN3O2. The lowest BCUT2D eigenvalue weighted by Crippen LogP contribution is -2.23. The van der Waals surface area contributed by atoms with Crippen molar-refractivity contribution < 1.29 is 13.9 Å².